The van der Waals surface area contributed by atoms with Crippen molar-refractivity contribution in [3.63, 3.8) is 0 Å². The van der Waals surface area contributed by atoms with Gasteiger partial charge in [0, 0.05) is 12.2 Å². The number of aryl methyl sites for hydroxylation is 1. The summed E-state index contributed by atoms with van der Waals surface area (Å²) in [4.78, 5) is 14.6. The Morgan fingerprint density at radius 2 is 2.30 bits per heavy atom. The first kappa shape index (κ1) is 13.6. The highest BCUT2D eigenvalue weighted by atomic mass is 32.2. The van der Waals surface area contributed by atoms with Crippen LogP contribution in [0.5, 0.6) is 0 Å². The summed E-state index contributed by atoms with van der Waals surface area (Å²) >= 11 is 2.95. The number of carbonyl (C=O) groups excluding carboxylic acids is 1. The SMILES string of the molecule is C[C@H](Sc1nncs1)C(=O)N1CCCc2ccccc21. The Bertz CT molecular complexity index is 600. The number of anilines is 1. The fraction of sp³-hybridized carbons (Fsp3) is 0.357. The smallest absolute Gasteiger partial charge is 0.240 e. The third-order valence-electron chi connectivity index (χ3n) is 3.34. The molecule has 2 aromatic rings. The summed E-state index contributed by atoms with van der Waals surface area (Å²) in [5.41, 5.74) is 4.02. The van der Waals surface area contributed by atoms with E-state index < -0.39 is 0 Å². The van der Waals surface area contributed by atoms with Crippen molar-refractivity contribution >= 4 is 34.7 Å². The molecule has 104 valence electrons. The van der Waals surface area contributed by atoms with Crippen LogP contribution in [0.4, 0.5) is 5.69 Å². The molecule has 0 unspecified atom stereocenters. The quantitative estimate of drug-likeness (QED) is 0.818. The molecule has 1 aliphatic rings. The molecule has 6 heteroatoms. The lowest BCUT2D eigenvalue weighted by molar-refractivity contribution is -0.117. The van der Waals surface area contributed by atoms with Crippen LogP contribution in [-0.2, 0) is 11.2 Å². The number of amides is 1. The first-order valence-corrected chi connectivity index (χ1v) is 8.34. The van der Waals surface area contributed by atoms with Crippen LogP contribution >= 0.6 is 23.1 Å². The Morgan fingerprint density at radius 1 is 1.45 bits per heavy atom. The van der Waals surface area contributed by atoms with Gasteiger partial charge in [0.1, 0.15) is 5.51 Å². The van der Waals surface area contributed by atoms with Crippen molar-refractivity contribution in [2.75, 3.05) is 11.4 Å². The lowest BCUT2D eigenvalue weighted by atomic mass is 10.0. The van der Waals surface area contributed by atoms with E-state index in [1.165, 1.54) is 28.7 Å². The Morgan fingerprint density at radius 3 is 3.10 bits per heavy atom. The maximum atomic E-state index is 12.6. The Hall–Kier alpha value is -1.40. The van der Waals surface area contributed by atoms with Gasteiger partial charge < -0.3 is 4.90 Å². The molecule has 0 saturated carbocycles. The molecule has 2 heterocycles. The van der Waals surface area contributed by atoms with E-state index in [2.05, 4.69) is 16.3 Å². The molecule has 3 rings (SSSR count). The lowest BCUT2D eigenvalue weighted by Gasteiger charge is -2.31. The topological polar surface area (TPSA) is 46.1 Å². The number of fused-ring (bicyclic) bond motifs is 1. The number of para-hydroxylation sites is 1. The van der Waals surface area contributed by atoms with Gasteiger partial charge in [-0.2, -0.15) is 0 Å². The zero-order valence-corrected chi connectivity index (χ0v) is 12.8. The number of rotatable bonds is 3. The Kier molecular flexibility index (Phi) is 4.03. The molecule has 1 atom stereocenters. The largest absolute Gasteiger partial charge is 0.311 e. The first-order chi connectivity index (χ1) is 9.75. The standard InChI is InChI=1S/C14H15N3OS2/c1-10(20-14-16-15-9-19-14)13(18)17-8-4-6-11-5-2-3-7-12(11)17/h2-3,5,7,9-10H,4,6,8H2,1H3/t10-/m0/s1. The van der Waals surface area contributed by atoms with Gasteiger partial charge in [-0.3, -0.25) is 4.79 Å². The highest BCUT2D eigenvalue weighted by molar-refractivity contribution is 8.02. The van der Waals surface area contributed by atoms with E-state index in [1.807, 2.05) is 30.0 Å². The molecule has 0 radical (unpaired) electrons. The summed E-state index contributed by atoms with van der Waals surface area (Å²) in [5, 5.41) is 7.65. The third kappa shape index (κ3) is 2.71. The van der Waals surface area contributed by atoms with Crippen molar-refractivity contribution in [3.8, 4) is 0 Å². The zero-order valence-electron chi connectivity index (χ0n) is 11.2. The maximum Gasteiger partial charge on any atom is 0.240 e. The van der Waals surface area contributed by atoms with Crippen molar-refractivity contribution in [2.24, 2.45) is 0 Å². The van der Waals surface area contributed by atoms with Gasteiger partial charge in [0.25, 0.3) is 0 Å². The van der Waals surface area contributed by atoms with Crippen LogP contribution in [0.3, 0.4) is 0 Å². The molecular formula is C14H15N3OS2. The number of hydrogen-bond donors (Lipinski definition) is 0. The van der Waals surface area contributed by atoms with Crippen molar-refractivity contribution in [2.45, 2.75) is 29.4 Å². The van der Waals surface area contributed by atoms with Crippen LogP contribution in [0.2, 0.25) is 0 Å². The summed E-state index contributed by atoms with van der Waals surface area (Å²) in [7, 11) is 0. The number of benzene rings is 1. The number of nitrogens with zero attached hydrogens (tertiary/aromatic N) is 3. The number of aromatic nitrogens is 2. The van der Waals surface area contributed by atoms with Crippen LogP contribution in [0.25, 0.3) is 0 Å². The van der Waals surface area contributed by atoms with Crippen LogP contribution < -0.4 is 4.90 Å². The molecule has 0 aliphatic carbocycles. The molecule has 1 aromatic carbocycles. The molecule has 0 N–H and O–H groups in total. The maximum absolute atomic E-state index is 12.6. The van der Waals surface area contributed by atoms with Gasteiger partial charge in [-0.05, 0) is 31.4 Å². The lowest BCUT2D eigenvalue weighted by Crippen LogP contribution is -2.40. The minimum Gasteiger partial charge on any atom is -0.311 e. The van der Waals surface area contributed by atoms with Crippen LogP contribution in [-0.4, -0.2) is 27.9 Å². The summed E-state index contributed by atoms with van der Waals surface area (Å²) in [6.45, 7) is 2.74. The van der Waals surface area contributed by atoms with Gasteiger partial charge in [-0.1, -0.05) is 41.3 Å². The Balaban J connectivity index is 1.77. The monoisotopic (exact) mass is 305 g/mol. The van der Waals surface area contributed by atoms with Crippen LogP contribution in [0, 0.1) is 0 Å². The predicted molar refractivity (Wildman–Crippen MR) is 82.3 cm³/mol. The summed E-state index contributed by atoms with van der Waals surface area (Å²) in [6, 6.07) is 8.17. The second-order valence-electron chi connectivity index (χ2n) is 4.69. The summed E-state index contributed by atoms with van der Waals surface area (Å²) in [5.74, 6) is 0.150. The normalized spacial score (nSPS) is 15.8. The van der Waals surface area contributed by atoms with Gasteiger partial charge in [-0.15, -0.1) is 10.2 Å². The third-order valence-corrected chi connectivity index (χ3v) is 5.24. The fourth-order valence-corrected chi connectivity index (χ4v) is 4.09. The molecule has 1 aromatic heterocycles. The molecule has 20 heavy (non-hydrogen) atoms. The highest BCUT2D eigenvalue weighted by Gasteiger charge is 2.27. The predicted octanol–water partition coefficient (Wildman–Crippen LogP) is 3.00. The molecular weight excluding hydrogens is 290 g/mol. The first-order valence-electron chi connectivity index (χ1n) is 6.58. The average molecular weight is 305 g/mol. The summed E-state index contributed by atoms with van der Waals surface area (Å²) in [6.07, 6.45) is 2.08. The fourth-order valence-electron chi connectivity index (χ4n) is 2.40. The van der Waals surface area contributed by atoms with E-state index in [9.17, 15) is 4.79 Å². The average Bonchev–Trinajstić information content (AvgIpc) is 2.99. The molecule has 0 saturated heterocycles. The van der Waals surface area contributed by atoms with Gasteiger partial charge in [0.2, 0.25) is 5.91 Å². The van der Waals surface area contributed by atoms with E-state index in [1.54, 1.807) is 5.51 Å². The van der Waals surface area contributed by atoms with Gasteiger partial charge in [0.15, 0.2) is 4.34 Å². The van der Waals surface area contributed by atoms with E-state index in [0.717, 1.165) is 29.4 Å². The van der Waals surface area contributed by atoms with E-state index in [-0.39, 0.29) is 11.2 Å². The van der Waals surface area contributed by atoms with E-state index in [4.69, 9.17) is 0 Å². The second kappa shape index (κ2) is 5.93. The molecule has 1 aliphatic heterocycles. The summed E-state index contributed by atoms with van der Waals surface area (Å²) < 4.78 is 0.844. The van der Waals surface area contributed by atoms with E-state index in [0.29, 0.717) is 0 Å². The number of carbonyl (C=O) groups is 1. The van der Waals surface area contributed by atoms with Gasteiger partial charge in [0.05, 0.1) is 5.25 Å². The van der Waals surface area contributed by atoms with Crippen molar-refractivity contribution in [1.29, 1.82) is 0 Å². The molecule has 0 fully saturated rings. The molecule has 0 bridgehead atoms. The van der Waals surface area contributed by atoms with Crippen molar-refractivity contribution < 1.29 is 4.79 Å². The highest BCUT2D eigenvalue weighted by Crippen LogP contribution is 2.31. The van der Waals surface area contributed by atoms with E-state index >= 15 is 0 Å². The number of hydrogen-bond acceptors (Lipinski definition) is 5. The van der Waals surface area contributed by atoms with Gasteiger partial charge in [-0.25, -0.2) is 0 Å². The molecule has 0 spiro atoms. The minimum absolute atomic E-state index is 0.144. The Labute approximate surface area is 126 Å². The second-order valence-corrected chi connectivity index (χ2v) is 7.11. The zero-order chi connectivity index (χ0) is 13.9. The number of thioether (sulfide) groups is 1. The minimum atomic E-state index is -0.144. The van der Waals surface area contributed by atoms with Crippen molar-refractivity contribution in [1.82, 2.24) is 10.2 Å². The van der Waals surface area contributed by atoms with Crippen molar-refractivity contribution in [3.05, 3.63) is 35.3 Å². The van der Waals surface area contributed by atoms with Crippen LogP contribution in [0.15, 0.2) is 34.1 Å². The molecule has 1 amide bonds. The van der Waals surface area contributed by atoms with Gasteiger partial charge >= 0.3 is 0 Å². The van der Waals surface area contributed by atoms with Crippen LogP contribution in [0.1, 0.15) is 18.9 Å². The molecule has 4 nitrogen and oxygen atoms in total.